The van der Waals surface area contributed by atoms with Crippen molar-refractivity contribution in [2.45, 2.75) is 20.1 Å². The highest BCUT2D eigenvalue weighted by molar-refractivity contribution is 7.73. The Labute approximate surface area is 173 Å². The lowest BCUT2D eigenvalue weighted by Crippen LogP contribution is -3.07. The first kappa shape index (κ1) is 18.7. The van der Waals surface area contributed by atoms with E-state index < -0.39 is 0 Å². The van der Waals surface area contributed by atoms with Crippen LogP contribution in [0.5, 0.6) is 0 Å². The van der Waals surface area contributed by atoms with E-state index in [0.29, 0.717) is 0 Å². The molecule has 0 bridgehead atoms. The molecule has 0 aliphatic heterocycles. The Hall–Kier alpha value is -2.61. The van der Waals surface area contributed by atoms with Gasteiger partial charge in [0.2, 0.25) is 0 Å². The van der Waals surface area contributed by atoms with Crippen molar-refractivity contribution in [3.63, 3.8) is 0 Å². The Balaban J connectivity index is 1.65. The highest BCUT2D eigenvalue weighted by atomic mass is 32.1. The molecule has 0 spiro atoms. The first-order chi connectivity index (χ1) is 13.6. The molecule has 1 unspecified atom stereocenters. The number of rotatable bonds is 6. The number of aromatic nitrogens is 4. The summed E-state index contributed by atoms with van der Waals surface area (Å²) in [5, 5.41) is 10.4. The van der Waals surface area contributed by atoms with Gasteiger partial charge in [0, 0.05) is 11.8 Å². The van der Waals surface area contributed by atoms with Crippen molar-refractivity contribution in [1.29, 1.82) is 0 Å². The molecule has 0 aliphatic rings. The maximum Gasteiger partial charge on any atom is 0.184 e. The smallest absolute Gasteiger partial charge is 0.184 e. The fourth-order valence-electron chi connectivity index (χ4n) is 3.24. The normalized spacial score (nSPS) is 12.2. The van der Waals surface area contributed by atoms with Crippen LogP contribution in [0.1, 0.15) is 10.6 Å². The second-order valence-corrected chi connectivity index (χ2v) is 8.65. The van der Waals surface area contributed by atoms with E-state index in [1.807, 2.05) is 40.6 Å². The quantitative estimate of drug-likeness (QED) is 0.497. The van der Waals surface area contributed by atoms with Crippen LogP contribution in [0, 0.1) is 10.9 Å². The summed E-state index contributed by atoms with van der Waals surface area (Å²) in [5.74, 6) is 0. The largest absolute Gasteiger partial charge is 0.315 e. The number of nitrogens with zero attached hydrogens (tertiary/aromatic N) is 4. The van der Waals surface area contributed by atoms with Gasteiger partial charge in [-0.2, -0.15) is 14.9 Å². The van der Waals surface area contributed by atoms with Crippen molar-refractivity contribution in [2.24, 2.45) is 0 Å². The van der Waals surface area contributed by atoms with Gasteiger partial charge in [0.05, 0.1) is 18.3 Å². The summed E-state index contributed by atoms with van der Waals surface area (Å²) < 4.78 is 4.69. The van der Waals surface area contributed by atoms with E-state index in [1.54, 1.807) is 11.3 Å². The second-order valence-electron chi connectivity index (χ2n) is 6.83. The summed E-state index contributed by atoms with van der Waals surface area (Å²) in [7, 11) is 2.16. The maximum atomic E-state index is 5.42. The van der Waals surface area contributed by atoms with E-state index in [0.717, 1.165) is 39.1 Å². The van der Waals surface area contributed by atoms with Crippen molar-refractivity contribution in [1.82, 2.24) is 19.6 Å². The van der Waals surface area contributed by atoms with E-state index in [4.69, 9.17) is 17.3 Å². The lowest BCUT2D eigenvalue weighted by Gasteiger charge is -2.13. The highest BCUT2D eigenvalue weighted by Crippen LogP contribution is 2.23. The molecule has 0 radical (unpaired) electrons. The van der Waals surface area contributed by atoms with Crippen LogP contribution < -0.4 is 4.90 Å². The Morgan fingerprint density at radius 1 is 1.00 bits per heavy atom. The zero-order valence-electron chi connectivity index (χ0n) is 15.9. The maximum absolute atomic E-state index is 5.42. The molecule has 1 atom stereocenters. The predicted octanol–water partition coefficient (Wildman–Crippen LogP) is 3.51. The van der Waals surface area contributed by atoms with E-state index in [-0.39, 0.29) is 0 Å². The lowest BCUT2D eigenvalue weighted by molar-refractivity contribution is -0.917. The zero-order valence-corrected chi connectivity index (χ0v) is 17.5. The third-order valence-corrected chi connectivity index (χ3v) is 5.70. The topological polar surface area (TPSA) is 40.1 Å². The predicted molar refractivity (Wildman–Crippen MR) is 115 cm³/mol. The van der Waals surface area contributed by atoms with Gasteiger partial charge in [0.25, 0.3) is 0 Å². The Morgan fingerprint density at radius 3 is 2.32 bits per heavy atom. The molecule has 4 rings (SSSR count). The van der Waals surface area contributed by atoms with Crippen molar-refractivity contribution < 1.29 is 4.90 Å². The summed E-state index contributed by atoms with van der Waals surface area (Å²) >= 11 is 6.97. The first-order valence-electron chi connectivity index (χ1n) is 9.15. The van der Waals surface area contributed by atoms with Crippen LogP contribution in [0.2, 0.25) is 0 Å². The van der Waals surface area contributed by atoms with Gasteiger partial charge in [-0.25, -0.2) is 4.68 Å². The van der Waals surface area contributed by atoms with Crippen LogP contribution in [0.25, 0.3) is 16.9 Å². The molecule has 142 valence electrons. The van der Waals surface area contributed by atoms with Crippen molar-refractivity contribution in [3.05, 3.63) is 81.4 Å². The van der Waals surface area contributed by atoms with Crippen molar-refractivity contribution >= 4 is 23.6 Å². The molecule has 28 heavy (non-hydrogen) atoms. The second kappa shape index (κ2) is 8.18. The van der Waals surface area contributed by atoms with Gasteiger partial charge in [-0.15, -0.1) is 0 Å². The standard InChI is InChI=1S/C21H21N5S2/c1-16-22-26(21(27)28-16)15-24(2)13-18-14-25(19-11-7-4-8-12-19)23-20(18)17-9-5-3-6-10-17/h3-12,14H,13,15H2,1-2H3/p+1. The third kappa shape index (κ3) is 4.11. The fourth-order valence-corrected chi connectivity index (χ4v) is 4.31. The molecule has 0 saturated heterocycles. The van der Waals surface area contributed by atoms with Crippen molar-refractivity contribution in [2.75, 3.05) is 7.05 Å². The van der Waals surface area contributed by atoms with Crippen LogP contribution in [0.15, 0.2) is 66.9 Å². The molecule has 0 amide bonds. The molecule has 2 aromatic heterocycles. The molecule has 2 aromatic carbocycles. The molecule has 0 aliphatic carbocycles. The summed E-state index contributed by atoms with van der Waals surface area (Å²) in [6.45, 7) is 3.55. The van der Waals surface area contributed by atoms with Gasteiger partial charge in [0.15, 0.2) is 10.6 Å². The van der Waals surface area contributed by atoms with Crippen LogP contribution in [-0.4, -0.2) is 26.6 Å². The first-order valence-corrected chi connectivity index (χ1v) is 10.4. The fraction of sp³-hybridized carbons (Fsp3) is 0.190. The SMILES string of the molecule is Cc1nn(C[NH+](C)Cc2cn(-c3ccccc3)nc2-c2ccccc2)c(=S)s1. The third-order valence-electron chi connectivity index (χ3n) is 4.48. The van der Waals surface area contributed by atoms with E-state index >= 15 is 0 Å². The lowest BCUT2D eigenvalue weighted by atomic mass is 10.1. The van der Waals surface area contributed by atoms with Gasteiger partial charge < -0.3 is 4.90 Å². The molecule has 1 N–H and O–H groups in total. The average molecular weight is 409 g/mol. The minimum atomic E-state index is 0.730. The number of nitrogens with one attached hydrogen (secondary N) is 1. The number of quaternary nitrogens is 1. The van der Waals surface area contributed by atoms with Gasteiger partial charge in [-0.05, 0) is 31.3 Å². The van der Waals surface area contributed by atoms with Crippen LogP contribution in [-0.2, 0) is 13.2 Å². The average Bonchev–Trinajstić information content (AvgIpc) is 3.26. The van der Waals surface area contributed by atoms with E-state index in [1.165, 1.54) is 10.5 Å². The number of hydrogen-bond acceptors (Lipinski definition) is 4. The van der Waals surface area contributed by atoms with Gasteiger partial charge >= 0.3 is 0 Å². The highest BCUT2D eigenvalue weighted by Gasteiger charge is 2.16. The molecule has 0 fully saturated rings. The zero-order chi connectivity index (χ0) is 19.5. The van der Waals surface area contributed by atoms with Crippen LogP contribution in [0.3, 0.4) is 0 Å². The molecule has 0 saturated carbocycles. The summed E-state index contributed by atoms with van der Waals surface area (Å²) in [6, 6.07) is 20.6. The Bertz CT molecular complexity index is 1110. The van der Waals surface area contributed by atoms with Gasteiger partial charge in [-0.3, -0.25) is 0 Å². The van der Waals surface area contributed by atoms with E-state index in [9.17, 15) is 0 Å². The molecule has 7 heteroatoms. The number of aryl methyl sites for hydroxylation is 1. The molecule has 5 nitrogen and oxygen atoms in total. The van der Waals surface area contributed by atoms with Gasteiger partial charge in [0.1, 0.15) is 17.2 Å². The minimum absolute atomic E-state index is 0.730. The van der Waals surface area contributed by atoms with Crippen molar-refractivity contribution in [3.8, 4) is 16.9 Å². The molecule has 4 aromatic rings. The molecular formula is C21H22N5S2+. The number of benzene rings is 2. The molecule has 2 heterocycles. The monoisotopic (exact) mass is 408 g/mol. The number of para-hydroxylation sites is 1. The Morgan fingerprint density at radius 2 is 1.68 bits per heavy atom. The summed E-state index contributed by atoms with van der Waals surface area (Å²) in [5.41, 5.74) is 4.40. The summed E-state index contributed by atoms with van der Waals surface area (Å²) in [6.07, 6.45) is 2.13. The van der Waals surface area contributed by atoms with Gasteiger partial charge in [-0.1, -0.05) is 59.9 Å². The van der Waals surface area contributed by atoms with Crippen LogP contribution in [0.4, 0.5) is 0 Å². The van der Waals surface area contributed by atoms with E-state index in [2.05, 4.69) is 54.7 Å². The Kier molecular flexibility index (Phi) is 5.47. The van der Waals surface area contributed by atoms with Crippen LogP contribution >= 0.6 is 23.6 Å². The molecular weight excluding hydrogens is 386 g/mol. The minimum Gasteiger partial charge on any atom is -0.315 e. The number of hydrogen-bond donors (Lipinski definition) is 1. The summed E-state index contributed by atoms with van der Waals surface area (Å²) in [4.78, 5) is 1.30.